The predicted octanol–water partition coefficient (Wildman–Crippen LogP) is 1.30. The fraction of sp³-hybridized carbons (Fsp3) is 0.500. The first-order valence-corrected chi connectivity index (χ1v) is 7.81. The van der Waals surface area contributed by atoms with Gasteiger partial charge in [-0.15, -0.1) is 0 Å². The Morgan fingerprint density at radius 2 is 2.19 bits per heavy atom. The molecule has 0 aromatic heterocycles. The van der Waals surface area contributed by atoms with Crippen LogP contribution < -0.4 is 20.5 Å². The Morgan fingerprint density at radius 1 is 1.43 bits per heavy atom. The molecule has 0 aliphatic carbocycles. The van der Waals surface area contributed by atoms with Gasteiger partial charge in [-0.1, -0.05) is 0 Å². The minimum Gasteiger partial charge on any atom is -0.493 e. The van der Waals surface area contributed by atoms with Crippen molar-refractivity contribution in [2.24, 2.45) is 10.7 Å². The number of thioether (sulfide) groups is 1. The molecule has 0 amide bonds. The molecular formula is C14H21N3O3S. The van der Waals surface area contributed by atoms with E-state index in [0.29, 0.717) is 23.8 Å². The second-order valence-electron chi connectivity index (χ2n) is 4.92. The largest absolute Gasteiger partial charge is 0.493 e. The van der Waals surface area contributed by atoms with Crippen LogP contribution in [0.2, 0.25) is 0 Å². The van der Waals surface area contributed by atoms with E-state index >= 15 is 0 Å². The van der Waals surface area contributed by atoms with Crippen LogP contribution in [0.15, 0.2) is 23.2 Å². The molecule has 0 radical (unpaired) electrons. The molecule has 7 heteroatoms. The van der Waals surface area contributed by atoms with Crippen molar-refractivity contribution in [2.75, 3.05) is 37.6 Å². The third kappa shape index (κ3) is 4.18. The van der Waals surface area contributed by atoms with Crippen molar-refractivity contribution in [2.45, 2.75) is 12.0 Å². The van der Waals surface area contributed by atoms with E-state index in [-0.39, 0.29) is 5.96 Å². The summed E-state index contributed by atoms with van der Waals surface area (Å²) in [6.07, 6.45) is 0.755. The van der Waals surface area contributed by atoms with Crippen molar-refractivity contribution in [1.29, 1.82) is 0 Å². The van der Waals surface area contributed by atoms with Gasteiger partial charge in [0.15, 0.2) is 17.5 Å². The van der Waals surface area contributed by atoms with Crippen LogP contribution in [0.25, 0.3) is 0 Å². The predicted molar refractivity (Wildman–Crippen MR) is 86.5 cm³/mol. The number of nitrogens with one attached hydrogen (secondary N) is 1. The Bertz CT molecular complexity index is 516. The molecule has 1 saturated heterocycles. The van der Waals surface area contributed by atoms with Crippen molar-refractivity contribution in [1.82, 2.24) is 0 Å². The van der Waals surface area contributed by atoms with Gasteiger partial charge in [-0.05, 0) is 24.3 Å². The van der Waals surface area contributed by atoms with Crippen LogP contribution in [0, 0.1) is 0 Å². The molecule has 1 aromatic rings. The topological polar surface area (TPSA) is 89.1 Å². The zero-order chi connectivity index (χ0) is 15.3. The van der Waals surface area contributed by atoms with E-state index in [2.05, 4.69) is 10.3 Å². The summed E-state index contributed by atoms with van der Waals surface area (Å²) in [4.78, 5) is 4.22. The van der Waals surface area contributed by atoms with Crippen LogP contribution >= 0.6 is 11.8 Å². The number of guanidine groups is 1. The van der Waals surface area contributed by atoms with Gasteiger partial charge in [0.1, 0.15) is 0 Å². The molecule has 6 nitrogen and oxygen atoms in total. The molecule has 2 rings (SSSR count). The zero-order valence-electron chi connectivity index (χ0n) is 12.3. The SMILES string of the molecule is COc1ccc(NC(N)=NCC2(O)CCSC2)cc1OC. The summed E-state index contributed by atoms with van der Waals surface area (Å²) in [5.41, 5.74) is 5.88. The fourth-order valence-corrected chi connectivity index (χ4v) is 3.34. The smallest absolute Gasteiger partial charge is 0.193 e. The first-order valence-electron chi connectivity index (χ1n) is 6.65. The average molecular weight is 311 g/mol. The van der Waals surface area contributed by atoms with Crippen molar-refractivity contribution in [3.8, 4) is 11.5 Å². The van der Waals surface area contributed by atoms with E-state index in [1.54, 1.807) is 38.1 Å². The molecule has 4 N–H and O–H groups in total. The van der Waals surface area contributed by atoms with Gasteiger partial charge in [0.2, 0.25) is 0 Å². The van der Waals surface area contributed by atoms with E-state index < -0.39 is 5.60 Å². The Labute approximate surface area is 128 Å². The average Bonchev–Trinajstić information content (AvgIpc) is 2.92. The Hall–Kier alpha value is -1.60. The number of aliphatic imine (C=N–C) groups is 1. The van der Waals surface area contributed by atoms with Crippen LogP contribution in [0.1, 0.15) is 6.42 Å². The number of ether oxygens (including phenoxy) is 2. The molecule has 0 bridgehead atoms. The Balaban J connectivity index is 2.00. The Morgan fingerprint density at radius 3 is 2.81 bits per heavy atom. The van der Waals surface area contributed by atoms with Gasteiger partial charge in [-0.25, -0.2) is 0 Å². The summed E-state index contributed by atoms with van der Waals surface area (Å²) in [7, 11) is 3.16. The lowest BCUT2D eigenvalue weighted by atomic mass is 10.1. The van der Waals surface area contributed by atoms with Gasteiger partial charge in [0.05, 0.1) is 26.4 Å². The fourth-order valence-electron chi connectivity index (χ4n) is 2.05. The third-order valence-corrected chi connectivity index (χ3v) is 4.52. The van der Waals surface area contributed by atoms with E-state index in [0.717, 1.165) is 17.9 Å². The number of rotatable bonds is 5. The highest BCUT2D eigenvalue weighted by molar-refractivity contribution is 7.99. The van der Waals surface area contributed by atoms with Gasteiger partial charge in [-0.3, -0.25) is 4.99 Å². The Kier molecular flexibility index (Phi) is 5.19. The van der Waals surface area contributed by atoms with Crippen LogP contribution in [0.5, 0.6) is 11.5 Å². The molecule has 21 heavy (non-hydrogen) atoms. The van der Waals surface area contributed by atoms with Crippen molar-refractivity contribution >= 4 is 23.4 Å². The quantitative estimate of drug-likeness (QED) is 0.561. The van der Waals surface area contributed by atoms with Crippen LogP contribution in [0.3, 0.4) is 0 Å². The molecule has 1 atom stereocenters. The summed E-state index contributed by atoms with van der Waals surface area (Å²) in [5.74, 6) is 3.21. The minimum atomic E-state index is -0.728. The molecule has 1 fully saturated rings. The second-order valence-corrected chi connectivity index (χ2v) is 6.03. The van der Waals surface area contributed by atoms with Crippen molar-refractivity contribution in [3.63, 3.8) is 0 Å². The van der Waals surface area contributed by atoms with Crippen LogP contribution in [0.4, 0.5) is 5.69 Å². The summed E-state index contributed by atoms with van der Waals surface area (Å²) in [6, 6.07) is 5.39. The number of methoxy groups -OCH3 is 2. The van der Waals surface area contributed by atoms with Gasteiger partial charge >= 0.3 is 0 Å². The first-order chi connectivity index (χ1) is 10.1. The number of nitrogens with zero attached hydrogens (tertiary/aromatic N) is 1. The van der Waals surface area contributed by atoms with Gasteiger partial charge in [0, 0.05) is 17.5 Å². The summed E-state index contributed by atoms with van der Waals surface area (Å²) in [5, 5.41) is 13.2. The normalized spacial score (nSPS) is 22.1. The lowest BCUT2D eigenvalue weighted by Gasteiger charge is -2.18. The van der Waals surface area contributed by atoms with Crippen LogP contribution in [-0.4, -0.2) is 48.9 Å². The summed E-state index contributed by atoms with van der Waals surface area (Å²) in [6.45, 7) is 0.312. The van der Waals surface area contributed by atoms with E-state index in [4.69, 9.17) is 15.2 Å². The minimum absolute atomic E-state index is 0.271. The highest BCUT2D eigenvalue weighted by atomic mass is 32.2. The number of aliphatic hydroxyl groups is 1. The third-order valence-electron chi connectivity index (χ3n) is 3.28. The van der Waals surface area contributed by atoms with Crippen LogP contribution in [-0.2, 0) is 0 Å². The molecule has 0 spiro atoms. The van der Waals surface area contributed by atoms with E-state index in [1.165, 1.54) is 0 Å². The van der Waals surface area contributed by atoms with E-state index in [1.807, 2.05) is 6.07 Å². The van der Waals surface area contributed by atoms with Crippen molar-refractivity contribution < 1.29 is 14.6 Å². The summed E-state index contributed by atoms with van der Waals surface area (Å²) < 4.78 is 10.4. The molecule has 1 aliphatic heterocycles. The molecule has 1 heterocycles. The molecule has 0 saturated carbocycles. The number of hydrogen-bond donors (Lipinski definition) is 3. The molecule has 1 unspecified atom stereocenters. The molecule has 1 aliphatic rings. The molecular weight excluding hydrogens is 290 g/mol. The van der Waals surface area contributed by atoms with Gasteiger partial charge in [-0.2, -0.15) is 11.8 Å². The maximum absolute atomic E-state index is 10.2. The molecule has 1 aromatic carbocycles. The standard InChI is InChI=1S/C14H21N3O3S/c1-19-11-4-3-10(7-12(11)20-2)17-13(15)16-8-14(18)5-6-21-9-14/h3-4,7,18H,5-6,8-9H2,1-2H3,(H3,15,16,17). The zero-order valence-corrected chi connectivity index (χ0v) is 13.1. The van der Waals surface area contributed by atoms with Crippen molar-refractivity contribution in [3.05, 3.63) is 18.2 Å². The number of hydrogen-bond acceptors (Lipinski definition) is 5. The highest BCUT2D eigenvalue weighted by Gasteiger charge is 2.31. The number of anilines is 1. The second kappa shape index (κ2) is 6.91. The van der Waals surface area contributed by atoms with E-state index in [9.17, 15) is 5.11 Å². The van der Waals surface area contributed by atoms with Gasteiger partial charge < -0.3 is 25.6 Å². The lowest BCUT2D eigenvalue weighted by Crippen LogP contribution is -2.34. The highest BCUT2D eigenvalue weighted by Crippen LogP contribution is 2.30. The van der Waals surface area contributed by atoms with Gasteiger partial charge in [0.25, 0.3) is 0 Å². The lowest BCUT2D eigenvalue weighted by molar-refractivity contribution is 0.0780. The monoisotopic (exact) mass is 311 g/mol. The number of benzene rings is 1. The maximum atomic E-state index is 10.2. The first kappa shape index (κ1) is 15.8. The molecule has 116 valence electrons. The summed E-state index contributed by atoms with van der Waals surface area (Å²) >= 11 is 1.73. The number of nitrogens with two attached hydrogens (primary N) is 1. The maximum Gasteiger partial charge on any atom is 0.193 e.